The molecule has 0 atom stereocenters. The van der Waals surface area contributed by atoms with Crippen LogP contribution < -0.4 is 5.32 Å². The number of H-pyrrole nitrogens is 1. The van der Waals surface area contributed by atoms with Crippen molar-refractivity contribution in [3.8, 4) is 11.6 Å². The first-order chi connectivity index (χ1) is 10.1. The van der Waals surface area contributed by atoms with E-state index in [1.165, 1.54) is 6.26 Å². The quantitative estimate of drug-likeness (QED) is 0.799. The maximum atomic E-state index is 12.0. The van der Waals surface area contributed by atoms with Crippen molar-refractivity contribution in [1.82, 2.24) is 15.2 Å². The fraction of sp³-hybridized carbons (Fsp3) is 0.500. The minimum atomic E-state index is -0.886. The first kappa shape index (κ1) is 13.8. The van der Waals surface area contributed by atoms with E-state index in [-0.39, 0.29) is 18.3 Å². The van der Waals surface area contributed by atoms with Crippen molar-refractivity contribution in [1.29, 1.82) is 0 Å². The summed E-state index contributed by atoms with van der Waals surface area (Å²) in [6, 6.07) is 3.49. The number of rotatable bonds is 4. The molecule has 1 saturated carbocycles. The van der Waals surface area contributed by atoms with Crippen molar-refractivity contribution in [3.63, 3.8) is 0 Å². The number of aromatic nitrogens is 3. The van der Waals surface area contributed by atoms with Gasteiger partial charge >= 0.3 is 0 Å². The molecule has 0 saturated heterocycles. The van der Waals surface area contributed by atoms with Gasteiger partial charge < -0.3 is 9.52 Å². The summed E-state index contributed by atoms with van der Waals surface area (Å²) in [5.74, 6) is 0.913. The molecule has 3 N–H and O–H groups in total. The lowest BCUT2D eigenvalue weighted by Crippen LogP contribution is -2.36. The lowest BCUT2D eigenvalue weighted by Gasteiger charge is -2.31. The van der Waals surface area contributed by atoms with E-state index >= 15 is 0 Å². The fourth-order valence-corrected chi connectivity index (χ4v) is 2.70. The highest BCUT2D eigenvalue weighted by Gasteiger charge is 2.31. The molecule has 7 nitrogen and oxygen atoms in total. The second kappa shape index (κ2) is 5.69. The molecule has 112 valence electrons. The molecule has 0 spiro atoms. The molecule has 1 amide bonds. The SMILES string of the molecule is O=C(CC1(O)CCCCC1)Nc1n[nH]c(-c2ccco2)n1. The zero-order valence-corrected chi connectivity index (χ0v) is 11.6. The minimum absolute atomic E-state index is 0.0810. The number of hydrogen-bond acceptors (Lipinski definition) is 5. The Labute approximate surface area is 121 Å². The molecule has 0 bridgehead atoms. The molecule has 0 aromatic carbocycles. The van der Waals surface area contributed by atoms with Gasteiger partial charge in [0.25, 0.3) is 0 Å². The van der Waals surface area contributed by atoms with Crippen LogP contribution in [0, 0.1) is 0 Å². The molecule has 1 aliphatic rings. The molecule has 1 fully saturated rings. The van der Waals surface area contributed by atoms with E-state index in [0.29, 0.717) is 24.4 Å². The first-order valence-electron chi connectivity index (χ1n) is 7.13. The Bertz CT molecular complexity index is 600. The van der Waals surface area contributed by atoms with E-state index in [9.17, 15) is 9.90 Å². The molecule has 21 heavy (non-hydrogen) atoms. The summed E-state index contributed by atoms with van der Waals surface area (Å²) < 4.78 is 5.19. The maximum absolute atomic E-state index is 12.0. The van der Waals surface area contributed by atoms with E-state index < -0.39 is 5.60 Å². The van der Waals surface area contributed by atoms with Gasteiger partial charge in [0.15, 0.2) is 11.6 Å². The van der Waals surface area contributed by atoms with Crippen LogP contribution in [0.25, 0.3) is 11.6 Å². The largest absolute Gasteiger partial charge is 0.461 e. The molecule has 0 radical (unpaired) electrons. The summed E-state index contributed by atoms with van der Waals surface area (Å²) in [7, 11) is 0. The van der Waals surface area contributed by atoms with Crippen LogP contribution in [0.4, 0.5) is 5.95 Å². The highest BCUT2D eigenvalue weighted by molar-refractivity contribution is 5.89. The molecule has 2 aromatic rings. The molecule has 3 rings (SSSR count). The number of aromatic amines is 1. The van der Waals surface area contributed by atoms with Crippen molar-refractivity contribution in [2.45, 2.75) is 44.1 Å². The van der Waals surface area contributed by atoms with Gasteiger partial charge in [0.1, 0.15) is 0 Å². The number of nitrogens with zero attached hydrogens (tertiary/aromatic N) is 2. The molecule has 1 aliphatic carbocycles. The lowest BCUT2D eigenvalue weighted by atomic mass is 9.82. The number of nitrogens with one attached hydrogen (secondary N) is 2. The molecular formula is C14H18N4O3. The summed E-state index contributed by atoms with van der Waals surface area (Å²) >= 11 is 0. The fourth-order valence-electron chi connectivity index (χ4n) is 2.70. The smallest absolute Gasteiger partial charge is 0.249 e. The Morgan fingerprint density at radius 2 is 2.24 bits per heavy atom. The molecule has 0 aliphatic heterocycles. The predicted molar refractivity (Wildman–Crippen MR) is 75.4 cm³/mol. The van der Waals surface area contributed by atoms with Crippen LogP contribution in [0.5, 0.6) is 0 Å². The zero-order chi connectivity index (χ0) is 14.7. The van der Waals surface area contributed by atoms with Crippen molar-refractivity contribution in [3.05, 3.63) is 18.4 Å². The van der Waals surface area contributed by atoms with Gasteiger partial charge in [-0.2, -0.15) is 4.98 Å². The number of amides is 1. The Balaban J connectivity index is 1.60. The number of aliphatic hydroxyl groups is 1. The third-order valence-corrected chi connectivity index (χ3v) is 3.77. The van der Waals surface area contributed by atoms with Crippen LogP contribution in [0.3, 0.4) is 0 Å². The Morgan fingerprint density at radius 1 is 1.43 bits per heavy atom. The van der Waals surface area contributed by atoms with Gasteiger partial charge in [0.05, 0.1) is 18.3 Å². The van der Waals surface area contributed by atoms with E-state index in [4.69, 9.17) is 4.42 Å². The van der Waals surface area contributed by atoms with E-state index in [1.54, 1.807) is 12.1 Å². The topological polar surface area (TPSA) is 104 Å². The van der Waals surface area contributed by atoms with Crippen LogP contribution >= 0.6 is 0 Å². The van der Waals surface area contributed by atoms with Gasteiger partial charge in [0.2, 0.25) is 11.9 Å². The molecule has 2 aromatic heterocycles. The Hall–Kier alpha value is -2.15. The van der Waals surface area contributed by atoms with Gasteiger partial charge in [0, 0.05) is 0 Å². The van der Waals surface area contributed by atoms with Gasteiger partial charge in [-0.05, 0) is 25.0 Å². The van der Waals surface area contributed by atoms with Crippen molar-refractivity contribution in [2.24, 2.45) is 0 Å². The molecule has 0 unspecified atom stereocenters. The predicted octanol–water partition coefficient (Wildman–Crippen LogP) is 2.09. The van der Waals surface area contributed by atoms with Crippen LogP contribution in [0.15, 0.2) is 22.8 Å². The number of hydrogen-bond donors (Lipinski definition) is 3. The molecular weight excluding hydrogens is 272 g/mol. The molecule has 7 heteroatoms. The average molecular weight is 290 g/mol. The van der Waals surface area contributed by atoms with Gasteiger partial charge in [-0.3, -0.25) is 15.2 Å². The number of furan rings is 1. The second-order valence-corrected chi connectivity index (χ2v) is 5.49. The van der Waals surface area contributed by atoms with Gasteiger partial charge in [-0.1, -0.05) is 19.3 Å². The number of carbonyl (C=O) groups excluding carboxylic acids is 1. The monoisotopic (exact) mass is 290 g/mol. The van der Waals surface area contributed by atoms with E-state index in [1.807, 2.05) is 0 Å². The van der Waals surface area contributed by atoms with Crippen LogP contribution in [0.1, 0.15) is 38.5 Å². The lowest BCUT2D eigenvalue weighted by molar-refractivity contribution is -0.122. The number of carbonyl (C=O) groups is 1. The van der Waals surface area contributed by atoms with Crippen molar-refractivity contribution in [2.75, 3.05) is 5.32 Å². The van der Waals surface area contributed by atoms with Crippen LogP contribution in [-0.4, -0.2) is 31.8 Å². The summed E-state index contributed by atoms with van der Waals surface area (Å²) in [6.45, 7) is 0. The molecule has 2 heterocycles. The highest BCUT2D eigenvalue weighted by atomic mass is 16.3. The Morgan fingerprint density at radius 3 is 2.95 bits per heavy atom. The standard InChI is InChI=1S/C14H18N4O3/c19-11(9-14(20)6-2-1-3-7-14)15-13-16-12(17-18-13)10-5-4-8-21-10/h4-5,8,20H,1-3,6-7,9H2,(H2,15,16,17,18,19). The maximum Gasteiger partial charge on any atom is 0.249 e. The van der Waals surface area contributed by atoms with Gasteiger partial charge in [-0.25, -0.2) is 0 Å². The third-order valence-electron chi connectivity index (χ3n) is 3.77. The zero-order valence-electron chi connectivity index (χ0n) is 11.6. The third kappa shape index (κ3) is 3.30. The van der Waals surface area contributed by atoms with Crippen molar-refractivity contribution < 1.29 is 14.3 Å². The minimum Gasteiger partial charge on any atom is -0.461 e. The summed E-state index contributed by atoms with van der Waals surface area (Å²) in [4.78, 5) is 16.1. The van der Waals surface area contributed by atoms with Crippen molar-refractivity contribution >= 4 is 11.9 Å². The second-order valence-electron chi connectivity index (χ2n) is 5.49. The normalized spacial score (nSPS) is 17.6. The first-order valence-corrected chi connectivity index (χ1v) is 7.13. The van der Waals surface area contributed by atoms with Crippen LogP contribution in [0.2, 0.25) is 0 Å². The summed E-state index contributed by atoms with van der Waals surface area (Å²) in [5.41, 5.74) is -0.886. The Kier molecular flexibility index (Phi) is 3.74. The summed E-state index contributed by atoms with van der Waals surface area (Å²) in [5, 5.41) is 19.6. The van der Waals surface area contributed by atoms with Crippen LogP contribution in [-0.2, 0) is 4.79 Å². The highest BCUT2D eigenvalue weighted by Crippen LogP contribution is 2.31. The average Bonchev–Trinajstić information content (AvgIpc) is 3.08. The summed E-state index contributed by atoms with van der Waals surface area (Å²) in [6.07, 6.45) is 6.02. The van der Waals surface area contributed by atoms with E-state index in [2.05, 4.69) is 20.5 Å². The van der Waals surface area contributed by atoms with Gasteiger partial charge in [-0.15, -0.1) is 5.10 Å². The number of anilines is 1. The van der Waals surface area contributed by atoms with E-state index in [0.717, 1.165) is 19.3 Å².